The summed E-state index contributed by atoms with van der Waals surface area (Å²) in [7, 11) is 0. The van der Waals surface area contributed by atoms with Crippen molar-refractivity contribution in [3.63, 3.8) is 0 Å². The van der Waals surface area contributed by atoms with E-state index < -0.39 is 0 Å². The van der Waals surface area contributed by atoms with E-state index in [-0.39, 0.29) is 11.8 Å². The van der Waals surface area contributed by atoms with Crippen LogP contribution in [-0.2, 0) is 4.74 Å². The number of hydrogen-bond donors (Lipinski definition) is 0. The number of ether oxygens (including phenoxy) is 2. The van der Waals surface area contributed by atoms with Crippen molar-refractivity contribution in [1.29, 1.82) is 0 Å². The third kappa shape index (κ3) is 5.00. The maximum absolute atomic E-state index is 12.7. The molecule has 0 spiro atoms. The molecule has 158 valence electrons. The first kappa shape index (κ1) is 20.4. The fraction of sp³-hybridized carbons (Fsp3) is 0.417. The number of likely N-dealkylation sites (tertiary alicyclic amines) is 1. The van der Waals surface area contributed by atoms with Gasteiger partial charge in [-0.15, -0.1) is 0 Å². The lowest BCUT2D eigenvalue weighted by molar-refractivity contribution is 0.0303. The molecule has 1 unspecified atom stereocenters. The summed E-state index contributed by atoms with van der Waals surface area (Å²) in [6.07, 6.45) is 2.03. The molecule has 2 aliphatic heterocycles. The summed E-state index contributed by atoms with van der Waals surface area (Å²) < 4.78 is 11.3. The first-order valence-electron chi connectivity index (χ1n) is 10.6. The maximum Gasteiger partial charge on any atom is 0.254 e. The van der Waals surface area contributed by atoms with Gasteiger partial charge in [0.05, 0.1) is 19.8 Å². The minimum atomic E-state index is 0.0344. The molecule has 30 heavy (non-hydrogen) atoms. The van der Waals surface area contributed by atoms with Gasteiger partial charge in [0.25, 0.3) is 11.8 Å². The van der Waals surface area contributed by atoms with Gasteiger partial charge in [0.15, 0.2) is 0 Å². The lowest BCUT2D eigenvalue weighted by Crippen LogP contribution is -2.41. The van der Waals surface area contributed by atoms with E-state index in [0.717, 1.165) is 30.7 Å². The number of morpholine rings is 1. The monoisotopic (exact) mass is 408 g/mol. The van der Waals surface area contributed by atoms with E-state index in [1.165, 1.54) is 0 Å². The van der Waals surface area contributed by atoms with Gasteiger partial charge in [-0.2, -0.15) is 0 Å². The smallest absolute Gasteiger partial charge is 0.254 e. The molecule has 2 saturated heterocycles. The van der Waals surface area contributed by atoms with Crippen LogP contribution in [-0.4, -0.2) is 67.6 Å². The van der Waals surface area contributed by atoms with Crippen LogP contribution in [0.5, 0.6) is 5.75 Å². The molecule has 4 rings (SSSR count). The van der Waals surface area contributed by atoms with Gasteiger partial charge in [-0.05, 0) is 49.2 Å². The van der Waals surface area contributed by atoms with E-state index in [9.17, 15) is 9.59 Å². The lowest BCUT2D eigenvalue weighted by atomic mass is 9.98. The molecule has 1 atom stereocenters. The van der Waals surface area contributed by atoms with Crippen LogP contribution in [0.15, 0.2) is 54.6 Å². The van der Waals surface area contributed by atoms with Crippen molar-refractivity contribution in [2.75, 3.05) is 46.0 Å². The number of hydrogen-bond acceptors (Lipinski definition) is 4. The summed E-state index contributed by atoms with van der Waals surface area (Å²) in [6, 6.07) is 16.8. The summed E-state index contributed by atoms with van der Waals surface area (Å²) >= 11 is 0. The summed E-state index contributed by atoms with van der Waals surface area (Å²) in [5.74, 6) is 1.18. The molecular formula is C24H28N2O4. The third-order valence-electron chi connectivity index (χ3n) is 5.71. The van der Waals surface area contributed by atoms with Crippen molar-refractivity contribution in [1.82, 2.24) is 9.80 Å². The van der Waals surface area contributed by atoms with E-state index in [0.29, 0.717) is 50.9 Å². The van der Waals surface area contributed by atoms with E-state index >= 15 is 0 Å². The Labute approximate surface area is 177 Å². The van der Waals surface area contributed by atoms with Gasteiger partial charge < -0.3 is 19.3 Å². The molecule has 6 heteroatoms. The number of amides is 2. The Balaban J connectivity index is 1.29. The Morgan fingerprint density at radius 1 is 0.867 bits per heavy atom. The van der Waals surface area contributed by atoms with Crippen LogP contribution in [0.25, 0.3) is 0 Å². The van der Waals surface area contributed by atoms with Gasteiger partial charge >= 0.3 is 0 Å². The maximum atomic E-state index is 12.7. The van der Waals surface area contributed by atoms with Gasteiger partial charge in [0.2, 0.25) is 0 Å². The molecule has 0 aliphatic carbocycles. The zero-order valence-corrected chi connectivity index (χ0v) is 17.2. The Hall–Kier alpha value is -2.86. The highest BCUT2D eigenvalue weighted by molar-refractivity contribution is 5.94. The quantitative estimate of drug-likeness (QED) is 0.763. The van der Waals surface area contributed by atoms with Gasteiger partial charge in [-0.1, -0.05) is 18.2 Å². The van der Waals surface area contributed by atoms with Crippen molar-refractivity contribution in [3.8, 4) is 5.75 Å². The van der Waals surface area contributed by atoms with Crippen molar-refractivity contribution in [3.05, 3.63) is 65.7 Å². The molecule has 0 aromatic heterocycles. The highest BCUT2D eigenvalue weighted by Crippen LogP contribution is 2.21. The largest absolute Gasteiger partial charge is 0.493 e. The molecule has 2 aromatic rings. The minimum Gasteiger partial charge on any atom is -0.493 e. The van der Waals surface area contributed by atoms with E-state index in [1.807, 2.05) is 64.4 Å². The second kappa shape index (κ2) is 9.76. The van der Waals surface area contributed by atoms with E-state index in [2.05, 4.69) is 0 Å². The summed E-state index contributed by atoms with van der Waals surface area (Å²) in [5, 5.41) is 0. The van der Waals surface area contributed by atoms with Crippen LogP contribution in [0.1, 0.15) is 33.6 Å². The van der Waals surface area contributed by atoms with Gasteiger partial charge in [0, 0.05) is 43.2 Å². The summed E-state index contributed by atoms with van der Waals surface area (Å²) in [6.45, 7) is 4.53. The van der Waals surface area contributed by atoms with Gasteiger partial charge in [-0.3, -0.25) is 9.59 Å². The zero-order valence-electron chi connectivity index (χ0n) is 17.2. The first-order chi connectivity index (χ1) is 14.7. The molecule has 2 fully saturated rings. The van der Waals surface area contributed by atoms with Crippen LogP contribution in [0.3, 0.4) is 0 Å². The van der Waals surface area contributed by atoms with Crippen LogP contribution in [0, 0.1) is 5.92 Å². The third-order valence-corrected chi connectivity index (χ3v) is 5.71. The Morgan fingerprint density at radius 3 is 2.27 bits per heavy atom. The molecule has 0 saturated carbocycles. The molecule has 2 aliphatic rings. The van der Waals surface area contributed by atoms with Crippen LogP contribution >= 0.6 is 0 Å². The molecule has 2 amide bonds. The number of carbonyl (C=O) groups is 2. The zero-order chi connectivity index (χ0) is 20.8. The van der Waals surface area contributed by atoms with Crippen LogP contribution < -0.4 is 4.74 Å². The number of rotatable bonds is 5. The standard InChI is InChI=1S/C24H28N2O4/c27-23(25-13-15-29-16-14-25)21-8-10-22(11-9-21)30-18-19-5-4-12-26(17-19)24(28)20-6-2-1-3-7-20/h1-3,6-11,19H,4-5,12-18H2. The minimum absolute atomic E-state index is 0.0344. The SMILES string of the molecule is O=C(c1ccc(OCC2CCCN(C(=O)c3ccccc3)C2)cc1)N1CCOCC1. The highest BCUT2D eigenvalue weighted by atomic mass is 16.5. The van der Waals surface area contributed by atoms with E-state index in [4.69, 9.17) is 9.47 Å². The predicted octanol–water partition coefficient (Wildman–Crippen LogP) is 3.09. The molecule has 2 aromatic carbocycles. The van der Waals surface area contributed by atoms with Crippen molar-refractivity contribution in [2.45, 2.75) is 12.8 Å². The second-order valence-corrected chi connectivity index (χ2v) is 7.87. The Morgan fingerprint density at radius 2 is 1.53 bits per heavy atom. The number of carbonyl (C=O) groups excluding carboxylic acids is 2. The fourth-order valence-electron chi connectivity index (χ4n) is 4.01. The fourth-order valence-corrected chi connectivity index (χ4v) is 4.01. The Bertz CT molecular complexity index is 847. The summed E-state index contributed by atoms with van der Waals surface area (Å²) in [4.78, 5) is 29.0. The van der Waals surface area contributed by atoms with Crippen molar-refractivity contribution < 1.29 is 19.1 Å². The number of piperidine rings is 1. The molecule has 0 bridgehead atoms. The Kier molecular flexibility index (Phi) is 6.64. The molecule has 2 heterocycles. The molecule has 0 radical (unpaired) electrons. The van der Waals surface area contributed by atoms with Crippen molar-refractivity contribution in [2.24, 2.45) is 5.92 Å². The number of nitrogens with zero attached hydrogens (tertiary/aromatic N) is 2. The van der Waals surface area contributed by atoms with E-state index in [1.54, 1.807) is 0 Å². The average Bonchev–Trinajstić information content (AvgIpc) is 2.83. The van der Waals surface area contributed by atoms with Crippen LogP contribution in [0.4, 0.5) is 0 Å². The molecule has 6 nitrogen and oxygen atoms in total. The van der Waals surface area contributed by atoms with Gasteiger partial charge in [-0.25, -0.2) is 0 Å². The molecular weight excluding hydrogens is 380 g/mol. The highest BCUT2D eigenvalue weighted by Gasteiger charge is 2.25. The second-order valence-electron chi connectivity index (χ2n) is 7.87. The number of benzene rings is 2. The first-order valence-corrected chi connectivity index (χ1v) is 10.6. The summed E-state index contributed by atoms with van der Waals surface area (Å²) in [5.41, 5.74) is 1.40. The predicted molar refractivity (Wildman–Crippen MR) is 114 cm³/mol. The topological polar surface area (TPSA) is 59.1 Å². The molecule has 0 N–H and O–H groups in total. The average molecular weight is 408 g/mol. The van der Waals surface area contributed by atoms with Crippen molar-refractivity contribution >= 4 is 11.8 Å². The van der Waals surface area contributed by atoms with Crippen LogP contribution in [0.2, 0.25) is 0 Å². The van der Waals surface area contributed by atoms with Gasteiger partial charge in [0.1, 0.15) is 5.75 Å². The lowest BCUT2D eigenvalue weighted by Gasteiger charge is -2.32. The normalized spacial score (nSPS) is 19.4.